The Kier molecular flexibility index (Phi) is 4.24. The topological polar surface area (TPSA) is 59.1 Å². The zero-order valence-electron chi connectivity index (χ0n) is 14.6. The van der Waals surface area contributed by atoms with Gasteiger partial charge in [0.2, 0.25) is 5.91 Å². The van der Waals surface area contributed by atoms with E-state index in [0.29, 0.717) is 30.3 Å². The van der Waals surface area contributed by atoms with E-state index in [1.165, 1.54) is 0 Å². The van der Waals surface area contributed by atoms with Crippen molar-refractivity contribution in [2.45, 2.75) is 19.4 Å². The Morgan fingerprint density at radius 2 is 1.77 bits per heavy atom. The second kappa shape index (κ2) is 6.71. The van der Waals surface area contributed by atoms with Crippen LogP contribution in [0.2, 0.25) is 0 Å². The number of hydrogen-bond donors (Lipinski definition) is 0. The number of carbonyl (C=O) groups excluding carboxylic acids is 2. The molecule has 2 aromatic rings. The number of nitrogens with zero attached hydrogens (tertiary/aromatic N) is 2. The van der Waals surface area contributed by atoms with Gasteiger partial charge in [0.15, 0.2) is 6.61 Å². The maximum Gasteiger partial charge on any atom is 0.265 e. The molecule has 2 aromatic carbocycles. The summed E-state index contributed by atoms with van der Waals surface area (Å²) < 4.78 is 11.2. The maximum atomic E-state index is 12.9. The highest BCUT2D eigenvalue weighted by Gasteiger charge is 2.29. The molecule has 1 unspecified atom stereocenters. The van der Waals surface area contributed by atoms with E-state index in [9.17, 15) is 9.59 Å². The number of benzene rings is 2. The smallest absolute Gasteiger partial charge is 0.265 e. The molecule has 1 atom stereocenters. The molecular weight excluding hydrogens is 332 g/mol. The summed E-state index contributed by atoms with van der Waals surface area (Å²) in [6.45, 7) is 2.77. The lowest BCUT2D eigenvalue weighted by molar-refractivity contribution is -0.121. The minimum Gasteiger partial charge on any atom is -0.487 e. The molecule has 26 heavy (non-hydrogen) atoms. The van der Waals surface area contributed by atoms with Gasteiger partial charge in [0, 0.05) is 13.0 Å². The number of hydrogen-bond acceptors (Lipinski definition) is 4. The first-order valence-corrected chi connectivity index (χ1v) is 8.72. The van der Waals surface area contributed by atoms with Crippen LogP contribution in [0.3, 0.4) is 0 Å². The summed E-state index contributed by atoms with van der Waals surface area (Å²) in [6.07, 6.45) is 0.167. The lowest BCUT2D eigenvalue weighted by Gasteiger charge is -2.34. The van der Waals surface area contributed by atoms with Crippen molar-refractivity contribution >= 4 is 23.2 Å². The van der Waals surface area contributed by atoms with Gasteiger partial charge >= 0.3 is 0 Å². The second-order valence-corrected chi connectivity index (χ2v) is 6.45. The van der Waals surface area contributed by atoms with Crippen LogP contribution in [0, 0.1) is 0 Å². The third kappa shape index (κ3) is 2.98. The highest BCUT2D eigenvalue weighted by atomic mass is 16.5. The van der Waals surface area contributed by atoms with Gasteiger partial charge in [-0.15, -0.1) is 0 Å². The van der Waals surface area contributed by atoms with E-state index < -0.39 is 0 Å². The van der Waals surface area contributed by atoms with Gasteiger partial charge in [-0.2, -0.15) is 0 Å². The minimum absolute atomic E-state index is 0.00260. The van der Waals surface area contributed by atoms with Crippen molar-refractivity contribution in [2.75, 3.05) is 29.5 Å². The van der Waals surface area contributed by atoms with Crippen molar-refractivity contribution in [3.63, 3.8) is 0 Å². The van der Waals surface area contributed by atoms with Crippen molar-refractivity contribution in [3.05, 3.63) is 48.5 Å². The summed E-state index contributed by atoms with van der Waals surface area (Å²) in [5.41, 5.74) is 1.50. The quantitative estimate of drug-likeness (QED) is 0.852. The first kappa shape index (κ1) is 16.4. The molecule has 0 aliphatic carbocycles. The Hall–Kier alpha value is -3.02. The molecule has 0 fully saturated rings. The normalized spacial score (nSPS) is 18.5. The van der Waals surface area contributed by atoms with E-state index in [1.54, 1.807) is 9.80 Å². The fourth-order valence-electron chi connectivity index (χ4n) is 3.37. The average Bonchev–Trinajstić information content (AvgIpc) is 2.66. The summed E-state index contributed by atoms with van der Waals surface area (Å²) in [5, 5.41) is 0. The Labute approximate surface area is 151 Å². The number of fused-ring (bicyclic) bond motifs is 2. The monoisotopic (exact) mass is 352 g/mol. The van der Waals surface area contributed by atoms with Gasteiger partial charge in [0.25, 0.3) is 5.91 Å². The molecule has 6 heteroatoms. The first-order valence-electron chi connectivity index (χ1n) is 8.72. The zero-order chi connectivity index (χ0) is 18.1. The number of anilines is 2. The fraction of sp³-hybridized carbons (Fsp3) is 0.300. The molecule has 2 aliphatic heterocycles. The first-order chi connectivity index (χ1) is 12.6. The van der Waals surface area contributed by atoms with Crippen LogP contribution in [0.25, 0.3) is 0 Å². The minimum atomic E-state index is -0.132. The molecular formula is C20H20N2O4. The molecule has 134 valence electrons. The van der Waals surface area contributed by atoms with Crippen LogP contribution in [0.5, 0.6) is 11.5 Å². The number of carbonyl (C=O) groups is 2. The van der Waals surface area contributed by atoms with E-state index in [1.807, 2.05) is 55.5 Å². The van der Waals surface area contributed by atoms with Crippen LogP contribution >= 0.6 is 0 Å². The zero-order valence-corrected chi connectivity index (χ0v) is 14.6. The predicted octanol–water partition coefficient (Wildman–Crippen LogP) is 2.62. The summed E-state index contributed by atoms with van der Waals surface area (Å²) in [6, 6.07) is 14.9. The highest BCUT2D eigenvalue weighted by Crippen LogP contribution is 2.34. The van der Waals surface area contributed by atoms with Crippen LogP contribution in [-0.2, 0) is 9.59 Å². The Morgan fingerprint density at radius 3 is 2.58 bits per heavy atom. The number of ether oxygens (including phenoxy) is 2. The van der Waals surface area contributed by atoms with E-state index in [2.05, 4.69) is 0 Å². The molecule has 0 saturated heterocycles. The van der Waals surface area contributed by atoms with Crippen molar-refractivity contribution in [2.24, 2.45) is 0 Å². The van der Waals surface area contributed by atoms with E-state index in [4.69, 9.17) is 9.47 Å². The van der Waals surface area contributed by atoms with Crippen LogP contribution in [0.1, 0.15) is 13.3 Å². The molecule has 4 rings (SSSR count). The van der Waals surface area contributed by atoms with E-state index in [-0.39, 0.29) is 30.9 Å². The third-order valence-corrected chi connectivity index (χ3v) is 4.58. The number of para-hydroxylation sites is 4. The summed E-state index contributed by atoms with van der Waals surface area (Å²) in [7, 11) is 0. The third-order valence-electron chi connectivity index (χ3n) is 4.58. The number of rotatable bonds is 3. The lowest BCUT2D eigenvalue weighted by Crippen LogP contribution is -2.45. The lowest BCUT2D eigenvalue weighted by atomic mass is 10.1. The summed E-state index contributed by atoms with van der Waals surface area (Å²) in [5.74, 6) is 1.23. The van der Waals surface area contributed by atoms with Gasteiger partial charge in [-0.1, -0.05) is 24.3 Å². The summed E-state index contributed by atoms with van der Waals surface area (Å²) in [4.78, 5) is 28.5. The van der Waals surface area contributed by atoms with Crippen LogP contribution in [0.4, 0.5) is 11.4 Å². The molecule has 0 bridgehead atoms. The Bertz CT molecular complexity index is 851. The highest BCUT2D eigenvalue weighted by molar-refractivity contribution is 6.00. The van der Waals surface area contributed by atoms with Crippen LogP contribution in [0.15, 0.2) is 48.5 Å². The average molecular weight is 352 g/mol. The van der Waals surface area contributed by atoms with Crippen LogP contribution < -0.4 is 19.3 Å². The van der Waals surface area contributed by atoms with Gasteiger partial charge < -0.3 is 19.3 Å². The Balaban J connectivity index is 1.51. The molecule has 2 amide bonds. The van der Waals surface area contributed by atoms with Gasteiger partial charge in [-0.05, 0) is 31.2 Å². The van der Waals surface area contributed by atoms with Gasteiger partial charge in [-0.3, -0.25) is 9.59 Å². The van der Waals surface area contributed by atoms with Gasteiger partial charge in [-0.25, -0.2) is 0 Å². The summed E-state index contributed by atoms with van der Waals surface area (Å²) >= 11 is 0. The van der Waals surface area contributed by atoms with Crippen molar-refractivity contribution < 1.29 is 19.1 Å². The van der Waals surface area contributed by atoms with Crippen molar-refractivity contribution in [1.82, 2.24) is 0 Å². The molecule has 0 spiro atoms. The second-order valence-electron chi connectivity index (χ2n) is 6.45. The molecule has 0 aromatic heterocycles. The van der Waals surface area contributed by atoms with E-state index in [0.717, 1.165) is 5.69 Å². The molecule has 2 heterocycles. The van der Waals surface area contributed by atoms with Gasteiger partial charge in [0.05, 0.1) is 17.9 Å². The standard InChI is InChI=1S/C20H20N2O4/c1-14-12-22(16-7-3-5-9-18(16)26-14)19(23)10-11-21-15-6-2-4-8-17(15)25-13-20(21)24/h2-9,14H,10-13H2,1H3. The van der Waals surface area contributed by atoms with Crippen molar-refractivity contribution in [3.8, 4) is 11.5 Å². The van der Waals surface area contributed by atoms with E-state index >= 15 is 0 Å². The fourth-order valence-corrected chi connectivity index (χ4v) is 3.37. The molecule has 0 radical (unpaired) electrons. The molecule has 0 saturated carbocycles. The maximum absolute atomic E-state index is 12.9. The molecule has 2 aliphatic rings. The van der Waals surface area contributed by atoms with Crippen molar-refractivity contribution in [1.29, 1.82) is 0 Å². The number of amides is 2. The molecule has 0 N–H and O–H groups in total. The Morgan fingerprint density at radius 1 is 1.08 bits per heavy atom. The van der Waals surface area contributed by atoms with Gasteiger partial charge in [0.1, 0.15) is 17.6 Å². The largest absolute Gasteiger partial charge is 0.487 e. The molecule has 6 nitrogen and oxygen atoms in total. The predicted molar refractivity (Wildman–Crippen MR) is 97.8 cm³/mol. The van der Waals surface area contributed by atoms with Crippen LogP contribution in [-0.4, -0.2) is 37.6 Å². The SMILES string of the molecule is CC1CN(C(=O)CCN2C(=O)COc3ccccc32)c2ccccc2O1.